The van der Waals surface area contributed by atoms with Crippen molar-refractivity contribution in [3.63, 3.8) is 0 Å². The Balaban J connectivity index is 3.01. The predicted octanol–water partition coefficient (Wildman–Crippen LogP) is 1.79. The smallest absolute Gasteiger partial charge is 0.192 e. The summed E-state index contributed by atoms with van der Waals surface area (Å²) in [4.78, 5) is 0. The summed E-state index contributed by atoms with van der Waals surface area (Å²) in [5.41, 5.74) is 0.947. The van der Waals surface area contributed by atoms with Crippen molar-refractivity contribution in [2.45, 2.75) is 0 Å². The van der Waals surface area contributed by atoms with Gasteiger partial charge in [0.2, 0.25) is 0 Å². The summed E-state index contributed by atoms with van der Waals surface area (Å²) in [5, 5.41) is 0.794. The number of benzene rings is 1. The second kappa shape index (κ2) is 2.75. The van der Waals surface area contributed by atoms with E-state index in [2.05, 4.69) is 6.92 Å². The first kappa shape index (κ1) is 6.44. The summed E-state index contributed by atoms with van der Waals surface area (Å²) >= 11 is 0. The minimum Gasteiger partial charge on any atom is -0.269 e. The van der Waals surface area contributed by atoms with Gasteiger partial charge in [0, 0.05) is 5.30 Å². The molecule has 0 unspecified atom stereocenters. The van der Waals surface area contributed by atoms with Crippen LogP contribution in [0, 0.1) is 6.92 Å². The normalized spacial score (nSPS) is 9.89. The van der Waals surface area contributed by atoms with E-state index < -0.39 is 0 Å². The van der Waals surface area contributed by atoms with Gasteiger partial charge in [-0.25, -0.2) is 0 Å². The van der Waals surface area contributed by atoms with Gasteiger partial charge >= 0.3 is 0 Å². The molecule has 1 aromatic carbocycles. The predicted molar refractivity (Wildman–Crippen MR) is 38.1 cm³/mol. The van der Waals surface area contributed by atoms with Crippen LogP contribution in [0.4, 0.5) is 0 Å². The molecule has 0 saturated heterocycles. The van der Waals surface area contributed by atoms with Crippen LogP contribution in [-0.2, 0) is 4.57 Å². The van der Waals surface area contributed by atoms with Crippen LogP contribution in [0.2, 0.25) is 0 Å². The monoisotopic (exact) mass is 137 g/mol. The highest BCUT2D eigenvalue weighted by molar-refractivity contribution is 7.34. The van der Waals surface area contributed by atoms with Crippen LogP contribution in [0.5, 0.6) is 0 Å². The van der Waals surface area contributed by atoms with Gasteiger partial charge < -0.3 is 0 Å². The van der Waals surface area contributed by atoms with Gasteiger partial charge in [-0.3, -0.25) is 4.57 Å². The van der Waals surface area contributed by atoms with Crippen molar-refractivity contribution in [1.29, 1.82) is 0 Å². The first-order valence-electron chi connectivity index (χ1n) is 2.58. The van der Waals surface area contributed by atoms with Gasteiger partial charge in [0.05, 0.1) is 0 Å². The fourth-order valence-corrected chi connectivity index (χ4v) is 0.828. The van der Waals surface area contributed by atoms with E-state index >= 15 is 0 Å². The molecular formula is C7H6OP. The molecule has 0 heterocycles. The minimum absolute atomic E-state index is 0.0742. The first-order chi connectivity index (χ1) is 4.33. The third-order valence-corrected chi connectivity index (χ3v) is 1.55. The van der Waals surface area contributed by atoms with Gasteiger partial charge in [-0.1, -0.05) is 12.1 Å². The van der Waals surface area contributed by atoms with Crippen molar-refractivity contribution in [3.05, 3.63) is 36.8 Å². The van der Waals surface area contributed by atoms with Gasteiger partial charge in [0.15, 0.2) is 8.46 Å². The van der Waals surface area contributed by atoms with E-state index in [0.29, 0.717) is 0 Å². The Morgan fingerprint density at radius 2 is 1.78 bits per heavy atom. The van der Waals surface area contributed by atoms with E-state index in [4.69, 9.17) is 0 Å². The van der Waals surface area contributed by atoms with Gasteiger partial charge in [-0.2, -0.15) is 0 Å². The zero-order chi connectivity index (χ0) is 6.69. The molecule has 1 rings (SSSR count). The second-order valence-corrected chi connectivity index (χ2v) is 2.46. The van der Waals surface area contributed by atoms with E-state index in [1.807, 2.05) is 12.1 Å². The third kappa shape index (κ3) is 1.62. The van der Waals surface area contributed by atoms with Crippen molar-refractivity contribution in [2.24, 2.45) is 0 Å². The first-order valence-corrected chi connectivity index (χ1v) is 3.39. The van der Waals surface area contributed by atoms with Crippen LogP contribution in [0.25, 0.3) is 0 Å². The number of hydrogen-bond donors (Lipinski definition) is 0. The average Bonchev–Trinajstić information content (AvgIpc) is 1.90. The molecule has 0 aliphatic rings. The van der Waals surface area contributed by atoms with Crippen LogP contribution < -0.4 is 5.30 Å². The number of hydrogen-bond acceptors (Lipinski definition) is 1. The van der Waals surface area contributed by atoms with Crippen molar-refractivity contribution in [2.75, 3.05) is 0 Å². The zero-order valence-electron chi connectivity index (χ0n) is 4.87. The van der Waals surface area contributed by atoms with Crippen molar-refractivity contribution < 1.29 is 4.57 Å². The molecule has 45 valence electrons. The molecule has 0 saturated carbocycles. The van der Waals surface area contributed by atoms with Crippen molar-refractivity contribution in [3.8, 4) is 0 Å². The summed E-state index contributed by atoms with van der Waals surface area (Å²) in [6.07, 6.45) is 0. The minimum atomic E-state index is 0.0742. The molecule has 1 nitrogen and oxygen atoms in total. The molecule has 1 radical (unpaired) electrons. The average molecular weight is 137 g/mol. The lowest BCUT2D eigenvalue weighted by molar-refractivity contribution is 0.603. The van der Waals surface area contributed by atoms with Gasteiger partial charge in [-0.05, 0) is 24.6 Å². The summed E-state index contributed by atoms with van der Waals surface area (Å²) in [7, 11) is 0.0742. The van der Waals surface area contributed by atoms with Crippen molar-refractivity contribution >= 4 is 13.8 Å². The molecule has 0 aromatic heterocycles. The number of rotatable bonds is 1. The Morgan fingerprint density at radius 1 is 1.22 bits per heavy atom. The zero-order valence-corrected chi connectivity index (χ0v) is 5.77. The maximum absolute atomic E-state index is 10.2. The Bertz CT molecular complexity index is 203. The van der Waals surface area contributed by atoms with E-state index in [9.17, 15) is 4.57 Å². The van der Waals surface area contributed by atoms with E-state index in [1.54, 1.807) is 12.1 Å². The Morgan fingerprint density at radius 3 is 2.22 bits per heavy atom. The van der Waals surface area contributed by atoms with E-state index in [0.717, 1.165) is 10.9 Å². The third-order valence-electron chi connectivity index (χ3n) is 1.04. The molecule has 0 bridgehead atoms. The standard InChI is InChI=1S/C7H6OP/c1-6-2-4-7(9-8)5-3-6/h2-5H,1H2. The van der Waals surface area contributed by atoms with Gasteiger partial charge in [-0.15, -0.1) is 0 Å². The maximum atomic E-state index is 10.2. The van der Waals surface area contributed by atoms with E-state index in [1.165, 1.54) is 0 Å². The summed E-state index contributed by atoms with van der Waals surface area (Å²) in [6, 6.07) is 7.24. The second-order valence-electron chi connectivity index (χ2n) is 1.76. The van der Waals surface area contributed by atoms with Gasteiger partial charge in [0.1, 0.15) is 0 Å². The fourth-order valence-electron chi connectivity index (χ4n) is 0.557. The van der Waals surface area contributed by atoms with E-state index in [-0.39, 0.29) is 8.46 Å². The molecule has 0 N–H and O–H groups in total. The molecule has 9 heavy (non-hydrogen) atoms. The van der Waals surface area contributed by atoms with Crippen LogP contribution in [-0.4, -0.2) is 0 Å². The van der Waals surface area contributed by atoms with Crippen LogP contribution >= 0.6 is 8.46 Å². The molecular weight excluding hydrogens is 131 g/mol. The molecule has 2 heteroatoms. The summed E-state index contributed by atoms with van der Waals surface area (Å²) in [6.45, 7) is 3.69. The summed E-state index contributed by atoms with van der Waals surface area (Å²) < 4.78 is 10.2. The Hall–Kier alpha value is -0.680. The quantitative estimate of drug-likeness (QED) is 0.539. The molecule has 0 fully saturated rings. The SMILES string of the molecule is [CH2]c1ccc(P=O)cc1. The Kier molecular flexibility index (Phi) is 1.96. The molecule has 0 atom stereocenters. The highest BCUT2D eigenvalue weighted by atomic mass is 31.1. The van der Waals surface area contributed by atoms with Crippen molar-refractivity contribution in [1.82, 2.24) is 0 Å². The lowest BCUT2D eigenvalue weighted by Gasteiger charge is -1.88. The molecule has 0 spiro atoms. The molecule has 0 aliphatic heterocycles. The maximum Gasteiger partial charge on any atom is 0.192 e. The Labute approximate surface area is 55.9 Å². The van der Waals surface area contributed by atoms with Crippen LogP contribution in [0.3, 0.4) is 0 Å². The largest absolute Gasteiger partial charge is 0.269 e. The topological polar surface area (TPSA) is 17.1 Å². The lowest BCUT2D eigenvalue weighted by atomic mass is 10.2. The highest BCUT2D eigenvalue weighted by Gasteiger charge is 1.86. The molecule has 0 amide bonds. The molecule has 1 aromatic rings. The molecule has 0 aliphatic carbocycles. The lowest BCUT2D eigenvalue weighted by Crippen LogP contribution is -1.87. The fraction of sp³-hybridized carbons (Fsp3) is 0. The van der Waals surface area contributed by atoms with Gasteiger partial charge in [0.25, 0.3) is 0 Å². The highest BCUT2D eigenvalue weighted by Crippen LogP contribution is 1.98. The summed E-state index contributed by atoms with van der Waals surface area (Å²) in [5.74, 6) is 0. The van der Waals surface area contributed by atoms with Crippen LogP contribution in [0.15, 0.2) is 24.3 Å². The van der Waals surface area contributed by atoms with Crippen LogP contribution in [0.1, 0.15) is 5.56 Å².